The van der Waals surface area contributed by atoms with Gasteiger partial charge in [0.15, 0.2) is 5.11 Å². The summed E-state index contributed by atoms with van der Waals surface area (Å²) < 4.78 is 2.37. The maximum absolute atomic E-state index is 5.82. The van der Waals surface area contributed by atoms with E-state index in [1.807, 2.05) is 12.3 Å². The Hall–Kier alpha value is -2.86. The molecule has 5 nitrogen and oxygen atoms in total. The zero-order valence-electron chi connectivity index (χ0n) is 21.1. The van der Waals surface area contributed by atoms with Crippen molar-refractivity contribution in [3.05, 3.63) is 77.4 Å². The summed E-state index contributed by atoms with van der Waals surface area (Å²) in [6.07, 6.45) is 4.11. The first kappa shape index (κ1) is 24.3. The number of rotatable bonds is 9. The second-order valence-corrected chi connectivity index (χ2v) is 9.41. The fraction of sp³-hybridized carbons (Fsp3) is 0.429. The zero-order valence-corrected chi connectivity index (χ0v) is 21.9. The Morgan fingerprint density at radius 2 is 1.76 bits per heavy atom. The molecule has 1 N–H and O–H groups in total. The first-order chi connectivity index (χ1) is 16.5. The van der Waals surface area contributed by atoms with Gasteiger partial charge in [-0.3, -0.25) is 4.98 Å². The summed E-state index contributed by atoms with van der Waals surface area (Å²) in [7, 11) is 0. The van der Waals surface area contributed by atoms with Crippen molar-refractivity contribution in [2.75, 3.05) is 24.5 Å². The Morgan fingerprint density at radius 3 is 2.38 bits per heavy atom. The Balaban J connectivity index is 1.75. The number of aromatic nitrogens is 2. The predicted molar refractivity (Wildman–Crippen MR) is 146 cm³/mol. The second-order valence-electron chi connectivity index (χ2n) is 9.02. The van der Waals surface area contributed by atoms with E-state index < -0.39 is 0 Å². The molecule has 1 saturated heterocycles. The Kier molecular flexibility index (Phi) is 7.57. The molecule has 0 unspecified atom stereocenters. The Labute approximate surface area is 209 Å². The van der Waals surface area contributed by atoms with Crippen LogP contribution in [-0.4, -0.2) is 39.2 Å². The minimum atomic E-state index is 0.0320. The average molecular weight is 476 g/mol. The van der Waals surface area contributed by atoms with E-state index in [0.717, 1.165) is 43.3 Å². The number of aryl methyl sites for hydroxylation is 1. The van der Waals surface area contributed by atoms with E-state index in [4.69, 9.17) is 12.2 Å². The average Bonchev–Trinajstić information content (AvgIpc) is 3.34. The van der Waals surface area contributed by atoms with Crippen molar-refractivity contribution < 1.29 is 0 Å². The van der Waals surface area contributed by atoms with Gasteiger partial charge in [0.05, 0.1) is 17.8 Å². The van der Waals surface area contributed by atoms with Crippen LogP contribution >= 0.6 is 12.2 Å². The first-order valence-corrected chi connectivity index (χ1v) is 12.9. The van der Waals surface area contributed by atoms with Crippen LogP contribution in [0.5, 0.6) is 0 Å². The summed E-state index contributed by atoms with van der Waals surface area (Å²) in [5.74, 6) is 0. The minimum absolute atomic E-state index is 0.0320. The van der Waals surface area contributed by atoms with Crippen LogP contribution in [0.25, 0.3) is 5.69 Å². The molecule has 0 radical (unpaired) electrons. The SMILES string of the molecule is CCCCN1C(=S)N[C@H](c2ccccn2)[C@H]1c1cc(C)n(-c2ccc(N(CC)CC)cc2)c1C. The van der Waals surface area contributed by atoms with E-state index in [0.29, 0.717) is 0 Å². The third-order valence-electron chi connectivity index (χ3n) is 6.98. The van der Waals surface area contributed by atoms with Crippen LogP contribution in [0.15, 0.2) is 54.7 Å². The van der Waals surface area contributed by atoms with Crippen LogP contribution in [-0.2, 0) is 0 Å². The summed E-state index contributed by atoms with van der Waals surface area (Å²) in [6, 6.07) is 17.5. The third-order valence-corrected chi connectivity index (χ3v) is 7.33. The molecule has 180 valence electrons. The van der Waals surface area contributed by atoms with Crippen molar-refractivity contribution in [3.63, 3.8) is 0 Å². The lowest BCUT2D eigenvalue weighted by molar-refractivity contribution is 0.312. The van der Waals surface area contributed by atoms with Gasteiger partial charge in [0.25, 0.3) is 0 Å². The molecule has 0 saturated carbocycles. The highest BCUT2D eigenvalue weighted by molar-refractivity contribution is 7.80. The molecule has 0 bridgehead atoms. The van der Waals surface area contributed by atoms with Gasteiger partial charge in [0.1, 0.15) is 0 Å². The van der Waals surface area contributed by atoms with E-state index in [1.54, 1.807) is 0 Å². The number of nitrogens with zero attached hydrogens (tertiary/aromatic N) is 4. The molecule has 0 aliphatic carbocycles. The summed E-state index contributed by atoms with van der Waals surface area (Å²) >= 11 is 5.82. The van der Waals surface area contributed by atoms with Crippen LogP contribution in [0, 0.1) is 13.8 Å². The lowest BCUT2D eigenvalue weighted by atomic mass is 9.96. The van der Waals surface area contributed by atoms with Gasteiger partial charge in [-0.05, 0) is 94.4 Å². The van der Waals surface area contributed by atoms with Gasteiger partial charge in [-0.1, -0.05) is 19.4 Å². The van der Waals surface area contributed by atoms with E-state index in [2.05, 4.69) is 102 Å². The standard InChI is InChI=1S/C28H37N5S/c1-6-9-18-32-27(26(30-28(32)34)25-12-10-11-17-29-25)24-19-20(4)33(21(24)5)23-15-13-22(14-16-23)31(7-2)8-3/h10-17,19,26-27H,6-9,18H2,1-5H3,(H,30,34)/t26-,27-/m1/s1. The minimum Gasteiger partial charge on any atom is -0.372 e. The smallest absolute Gasteiger partial charge is 0.170 e. The Bertz CT molecular complexity index is 1100. The number of hydrogen-bond acceptors (Lipinski definition) is 3. The molecule has 0 spiro atoms. The third kappa shape index (κ3) is 4.56. The molecule has 3 aromatic rings. The van der Waals surface area contributed by atoms with Crippen LogP contribution in [0.2, 0.25) is 0 Å². The normalized spacial score (nSPS) is 17.8. The summed E-state index contributed by atoms with van der Waals surface area (Å²) in [5, 5.41) is 4.41. The highest BCUT2D eigenvalue weighted by Gasteiger charge is 2.41. The maximum atomic E-state index is 5.82. The van der Waals surface area contributed by atoms with Crippen molar-refractivity contribution in [3.8, 4) is 5.69 Å². The molecular weight excluding hydrogens is 438 g/mol. The number of thiocarbonyl (C=S) groups is 1. The molecule has 3 heterocycles. The number of nitrogens with one attached hydrogen (secondary N) is 1. The molecule has 0 amide bonds. The molecule has 1 aliphatic heterocycles. The highest BCUT2D eigenvalue weighted by atomic mass is 32.1. The molecule has 6 heteroatoms. The van der Waals surface area contributed by atoms with Crippen molar-refractivity contribution in [2.24, 2.45) is 0 Å². The number of unbranched alkanes of at least 4 members (excludes halogenated alkanes) is 1. The second kappa shape index (κ2) is 10.6. The summed E-state index contributed by atoms with van der Waals surface area (Å²) in [4.78, 5) is 9.43. The number of benzene rings is 1. The monoisotopic (exact) mass is 475 g/mol. The van der Waals surface area contributed by atoms with E-state index >= 15 is 0 Å². The van der Waals surface area contributed by atoms with Crippen LogP contribution in [0.3, 0.4) is 0 Å². The van der Waals surface area contributed by atoms with Gasteiger partial charge in [0.2, 0.25) is 0 Å². The fourth-order valence-corrected chi connectivity index (χ4v) is 5.53. The van der Waals surface area contributed by atoms with Crippen molar-refractivity contribution in [2.45, 2.75) is 59.5 Å². The van der Waals surface area contributed by atoms with Crippen LogP contribution in [0.1, 0.15) is 68.3 Å². The number of pyridine rings is 1. The van der Waals surface area contributed by atoms with Crippen LogP contribution < -0.4 is 10.2 Å². The fourth-order valence-electron chi connectivity index (χ4n) is 5.20. The maximum Gasteiger partial charge on any atom is 0.170 e. The van der Waals surface area contributed by atoms with Gasteiger partial charge in [0, 0.05) is 48.6 Å². The molecule has 34 heavy (non-hydrogen) atoms. The predicted octanol–water partition coefficient (Wildman–Crippen LogP) is 6.11. The van der Waals surface area contributed by atoms with E-state index in [-0.39, 0.29) is 12.1 Å². The van der Waals surface area contributed by atoms with Crippen molar-refractivity contribution >= 4 is 23.0 Å². The first-order valence-electron chi connectivity index (χ1n) is 12.5. The largest absolute Gasteiger partial charge is 0.372 e. The lowest BCUT2D eigenvalue weighted by Gasteiger charge is -2.28. The van der Waals surface area contributed by atoms with E-state index in [9.17, 15) is 0 Å². The molecule has 4 rings (SSSR count). The highest BCUT2D eigenvalue weighted by Crippen LogP contribution is 2.41. The van der Waals surface area contributed by atoms with Crippen molar-refractivity contribution in [1.82, 2.24) is 19.8 Å². The summed E-state index contributed by atoms with van der Waals surface area (Å²) in [5.41, 5.74) is 7.29. The number of hydrogen-bond donors (Lipinski definition) is 1. The topological polar surface area (TPSA) is 36.3 Å². The van der Waals surface area contributed by atoms with Gasteiger partial charge < -0.3 is 19.7 Å². The van der Waals surface area contributed by atoms with Gasteiger partial charge in [-0.25, -0.2) is 0 Å². The quantitative estimate of drug-likeness (QED) is 0.378. The molecule has 1 aliphatic rings. The molecule has 1 fully saturated rings. The van der Waals surface area contributed by atoms with Crippen molar-refractivity contribution in [1.29, 1.82) is 0 Å². The van der Waals surface area contributed by atoms with Gasteiger partial charge >= 0.3 is 0 Å². The molecule has 2 aromatic heterocycles. The Morgan fingerprint density at radius 1 is 1.03 bits per heavy atom. The number of anilines is 1. The van der Waals surface area contributed by atoms with E-state index in [1.165, 1.54) is 28.3 Å². The molecular formula is C28H37N5S. The molecule has 2 atom stereocenters. The lowest BCUT2D eigenvalue weighted by Crippen LogP contribution is -2.30. The van der Waals surface area contributed by atoms with Crippen LogP contribution in [0.4, 0.5) is 5.69 Å². The molecule has 1 aromatic carbocycles. The van der Waals surface area contributed by atoms with Gasteiger partial charge in [-0.2, -0.15) is 0 Å². The summed E-state index contributed by atoms with van der Waals surface area (Å²) in [6.45, 7) is 14.0. The zero-order chi connectivity index (χ0) is 24.2. The van der Waals surface area contributed by atoms with Gasteiger partial charge in [-0.15, -0.1) is 0 Å².